The van der Waals surface area contributed by atoms with Gasteiger partial charge in [-0.3, -0.25) is 14.5 Å². The van der Waals surface area contributed by atoms with E-state index < -0.39 is 0 Å². The molecule has 2 heterocycles. The highest BCUT2D eigenvalue weighted by Crippen LogP contribution is 2.13. The second-order valence-electron chi connectivity index (χ2n) is 5.49. The molecule has 1 aliphatic heterocycles. The summed E-state index contributed by atoms with van der Waals surface area (Å²) < 4.78 is 1.72. The van der Waals surface area contributed by atoms with Gasteiger partial charge in [0.1, 0.15) is 5.69 Å². The number of aliphatic hydroxyl groups excluding tert-OH is 1. The molecule has 1 aliphatic rings. The van der Waals surface area contributed by atoms with Crippen molar-refractivity contribution in [1.82, 2.24) is 14.4 Å². The van der Waals surface area contributed by atoms with Crippen LogP contribution in [0.1, 0.15) is 34.2 Å². The molecule has 0 aliphatic carbocycles. The maximum atomic E-state index is 12.6. The van der Waals surface area contributed by atoms with Crippen LogP contribution in [-0.2, 0) is 7.05 Å². The number of carbonyl (C=O) groups is 2. The fraction of sp³-hybridized carbons (Fsp3) is 0.600. The zero-order valence-corrected chi connectivity index (χ0v) is 12.7. The predicted octanol–water partition coefficient (Wildman–Crippen LogP) is 0.368. The van der Waals surface area contributed by atoms with Crippen molar-refractivity contribution in [3.05, 3.63) is 23.5 Å². The Morgan fingerprint density at radius 1 is 1.24 bits per heavy atom. The summed E-state index contributed by atoms with van der Waals surface area (Å²) in [5.74, 6) is -0.0644. The highest BCUT2D eigenvalue weighted by atomic mass is 16.3. The molecule has 1 N–H and O–H groups in total. The molecule has 1 fully saturated rings. The van der Waals surface area contributed by atoms with Gasteiger partial charge in [0.2, 0.25) is 0 Å². The number of aromatic nitrogens is 1. The third kappa shape index (κ3) is 3.71. The van der Waals surface area contributed by atoms with E-state index in [4.69, 9.17) is 5.11 Å². The molecule has 0 unspecified atom stereocenters. The fourth-order valence-corrected chi connectivity index (χ4v) is 2.67. The molecule has 0 bridgehead atoms. The number of Topliss-reactive ketones (excluding diaryl/α,β-unsaturated/α-hetero) is 1. The molecule has 1 aromatic rings. The number of nitrogens with zero attached hydrogens (tertiary/aromatic N) is 3. The van der Waals surface area contributed by atoms with E-state index in [-0.39, 0.29) is 18.3 Å². The third-order valence-electron chi connectivity index (χ3n) is 3.92. The average Bonchev–Trinajstić information content (AvgIpc) is 2.68. The Morgan fingerprint density at radius 2 is 2.00 bits per heavy atom. The van der Waals surface area contributed by atoms with Crippen molar-refractivity contribution in [3.8, 4) is 0 Å². The maximum Gasteiger partial charge on any atom is 0.270 e. The van der Waals surface area contributed by atoms with Gasteiger partial charge < -0.3 is 14.6 Å². The number of carbonyl (C=O) groups excluding carboxylic acids is 2. The molecule has 0 radical (unpaired) electrons. The molecule has 0 saturated carbocycles. The van der Waals surface area contributed by atoms with E-state index >= 15 is 0 Å². The first-order chi connectivity index (χ1) is 10.0. The van der Waals surface area contributed by atoms with Gasteiger partial charge in [0.05, 0.1) is 6.61 Å². The smallest absolute Gasteiger partial charge is 0.270 e. The Balaban J connectivity index is 2.07. The van der Waals surface area contributed by atoms with Crippen molar-refractivity contribution in [2.45, 2.75) is 13.3 Å². The number of aliphatic hydroxyl groups is 1. The highest BCUT2D eigenvalue weighted by molar-refractivity contribution is 5.99. The molecule has 0 atom stereocenters. The zero-order chi connectivity index (χ0) is 15.4. The van der Waals surface area contributed by atoms with Crippen LogP contribution in [0.25, 0.3) is 0 Å². The topological polar surface area (TPSA) is 65.8 Å². The quantitative estimate of drug-likeness (QED) is 0.815. The average molecular weight is 293 g/mol. The lowest BCUT2D eigenvalue weighted by Gasteiger charge is -2.21. The van der Waals surface area contributed by atoms with Crippen molar-refractivity contribution in [1.29, 1.82) is 0 Å². The second kappa shape index (κ2) is 6.87. The Kier molecular flexibility index (Phi) is 5.14. The standard InChI is InChI=1S/C15H23N3O3/c1-12(20)13-10-14(16(2)11-13)15(21)18-5-3-4-17(6-7-18)8-9-19/h10-11,19H,3-9H2,1-2H3. The Morgan fingerprint density at radius 3 is 2.62 bits per heavy atom. The number of β-amino-alcohol motifs (C(OH)–C–C–N with tert-alkyl or cyclic N) is 1. The first-order valence-electron chi connectivity index (χ1n) is 7.32. The predicted molar refractivity (Wildman–Crippen MR) is 79.5 cm³/mol. The van der Waals surface area contributed by atoms with E-state index in [0.717, 1.165) is 19.5 Å². The van der Waals surface area contributed by atoms with Gasteiger partial charge in [-0.1, -0.05) is 0 Å². The monoisotopic (exact) mass is 293 g/mol. The molecule has 0 spiro atoms. The number of hydrogen-bond acceptors (Lipinski definition) is 4. The van der Waals surface area contributed by atoms with Gasteiger partial charge in [0.15, 0.2) is 5.78 Å². The molecule has 2 rings (SSSR count). The van der Waals surface area contributed by atoms with Crippen molar-refractivity contribution in [2.75, 3.05) is 39.3 Å². The molecule has 21 heavy (non-hydrogen) atoms. The van der Waals surface area contributed by atoms with Gasteiger partial charge in [-0.2, -0.15) is 0 Å². The SMILES string of the molecule is CC(=O)c1cc(C(=O)N2CCCN(CCO)CC2)n(C)c1. The van der Waals surface area contributed by atoms with E-state index in [9.17, 15) is 9.59 Å². The van der Waals surface area contributed by atoms with Crippen LogP contribution in [0.15, 0.2) is 12.3 Å². The number of amides is 1. The number of aryl methyl sites for hydroxylation is 1. The van der Waals surface area contributed by atoms with E-state index in [1.165, 1.54) is 6.92 Å². The van der Waals surface area contributed by atoms with E-state index in [0.29, 0.717) is 30.9 Å². The Hall–Kier alpha value is -1.66. The van der Waals surface area contributed by atoms with Gasteiger partial charge in [-0.25, -0.2) is 0 Å². The molecule has 0 aromatic carbocycles. The summed E-state index contributed by atoms with van der Waals surface area (Å²) in [6.07, 6.45) is 2.60. The van der Waals surface area contributed by atoms with Crippen LogP contribution in [0.4, 0.5) is 0 Å². The molecule has 1 amide bonds. The van der Waals surface area contributed by atoms with E-state index in [2.05, 4.69) is 4.90 Å². The van der Waals surface area contributed by atoms with Crippen LogP contribution < -0.4 is 0 Å². The Labute approximate surface area is 124 Å². The summed E-state index contributed by atoms with van der Waals surface area (Å²) in [5.41, 5.74) is 1.12. The van der Waals surface area contributed by atoms with Crippen LogP contribution in [0.5, 0.6) is 0 Å². The van der Waals surface area contributed by atoms with Gasteiger partial charge in [-0.05, 0) is 26.0 Å². The van der Waals surface area contributed by atoms with Crippen LogP contribution in [0, 0.1) is 0 Å². The molecule has 116 valence electrons. The summed E-state index contributed by atoms with van der Waals surface area (Å²) >= 11 is 0. The lowest BCUT2D eigenvalue weighted by Crippen LogP contribution is -2.36. The van der Waals surface area contributed by atoms with Gasteiger partial charge >= 0.3 is 0 Å². The minimum atomic E-state index is -0.0327. The summed E-state index contributed by atoms with van der Waals surface area (Å²) in [6, 6.07) is 1.67. The van der Waals surface area contributed by atoms with Gasteiger partial charge in [0, 0.05) is 45.0 Å². The lowest BCUT2D eigenvalue weighted by molar-refractivity contribution is 0.0751. The van der Waals surface area contributed by atoms with Crippen molar-refractivity contribution in [2.24, 2.45) is 7.05 Å². The van der Waals surface area contributed by atoms with Crippen LogP contribution in [0.2, 0.25) is 0 Å². The molecule has 6 nitrogen and oxygen atoms in total. The molecule has 1 saturated heterocycles. The van der Waals surface area contributed by atoms with Gasteiger partial charge in [0.25, 0.3) is 5.91 Å². The first kappa shape index (κ1) is 15.7. The van der Waals surface area contributed by atoms with Crippen molar-refractivity contribution < 1.29 is 14.7 Å². The van der Waals surface area contributed by atoms with Crippen LogP contribution >= 0.6 is 0 Å². The van der Waals surface area contributed by atoms with Crippen LogP contribution in [0.3, 0.4) is 0 Å². The maximum absolute atomic E-state index is 12.6. The first-order valence-corrected chi connectivity index (χ1v) is 7.32. The van der Waals surface area contributed by atoms with E-state index in [1.54, 1.807) is 23.9 Å². The van der Waals surface area contributed by atoms with Crippen molar-refractivity contribution >= 4 is 11.7 Å². The number of ketones is 1. The Bertz CT molecular complexity index is 524. The summed E-state index contributed by atoms with van der Waals surface area (Å²) in [7, 11) is 1.79. The third-order valence-corrected chi connectivity index (χ3v) is 3.92. The highest BCUT2D eigenvalue weighted by Gasteiger charge is 2.22. The van der Waals surface area contributed by atoms with Crippen molar-refractivity contribution in [3.63, 3.8) is 0 Å². The van der Waals surface area contributed by atoms with Gasteiger partial charge in [-0.15, -0.1) is 0 Å². The normalized spacial score (nSPS) is 16.8. The number of rotatable bonds is 4. The lowest BCUT2D eigenvalue weighted by atomic mass is 10.2. The summed E-state index contributed by atoms with van der Waals surface area (Å²) in [6.45, 7) is 5.34. The largest absolute Gasteiger partial charge is 0.395 e. The molecule has 1 aromatic heterocycles. The summed E-state index contributed by atoms with van der Waals surface area (Å²) in [5, 5.41) is 9.00. The molecular formula is C15H23N3O3. The van der Waals surface area contributed by atoms with E-state index in [1.807, 2.05) is 4.90 Å². The minimum Gasteiger partial charge on any atom is -0.395 e. The second-order valence-corrected chi connectivity index (χ2v) is 5.49. The molecule has 6 heteroatoms. The molecular weight excluding hydrogens is 270 g/mol. The minimum absolute atomic E-state index is 0.0316. The summed E-state index contributed by atoms with van der Waals surface area (Å²) in [4.78, 5) is 28.0. The van der Waals surface area contributed by atoms with Crippen LogP contribution in [-0.4, -0.2) is 70.5 Å². The zero-order valence-electron chi connectivity index (χ0n) is 12.7. The fourth-order valence-electron chi connectivity index (χ4n) is 2.67. The number of hydrogen-bond donors (Lipinski definition) is 1.